The predicted molar refractivity (Wildman–Crippen MR) is 90.8 cm³/mol. The lowest BCUT2D eigenvalue weighted by Gasteiger charge is -2.09. The van der Waals surface area contributed by atoms with Crippen LogP contribution in [0.5, 0.6) is 0 Å². The molecule has 2 heterocycles. The number of hydrogen-bond acceptors (Lipinski definition) is 4. The first-order valence-corrected chi connectivity index (χ1v) is 7.41. The number of hydrogen-bond donors (Lipinski definition) is 0. The molecule has 0 amide bonds. The monoisotopic (exact) mass is 315 g/mol. The highest BCUT2D eigenvalue weighted by Gasteiger charge is 2.28. The molecule has 1 fully saturated rings. The van der Waals surface area contributed by atoms with Crippen LogP contribution in [0.2, 0.25) is 0 Å². The number of thiocarbonyl (C=S) groups is 2. The summed E-state index contributed by atoms with van der Waals surface area (Å²) >= 11 is 10.5. The van der Waals surface area contributed by atoms with Gasteiger partial charge >= 0.3 is 0 Å². The van der Waals surface area contributed by atoms with Crippen LogP contribution < -0.4 is 0 Å². The lowest BCUT2D eigenvalue weighted by molar-refractivity contribution is 0.441. The summed E-state index contributed by atoms with van der Waals surface area (Å²) in [6.07, 6.45) is 1.77. The summed E-state index contributed by atoms with van der Waals surface area (Å²) in [6.45, 7) is 2.67. The van der Waals surface area contributed by atoms with E-state index >= 15 is 0 Å². The van der Waals surface area contributed by atoms with Crippen molar-refractivity contribution in [3.8, 4) is 11.3 Å². The Labute approximate surface area is 133 Å². The van der Waals surface area contributed by atoms with E-state index in [9.17, 15) is 0 Å². The lowest BCUT2D eigenvalue weighted by atomic mass is 10.2. The molecule has 3 rings (SSSR count). The zero-order chi connectivity index (χ0) is 14.8. The van der Waals surface area contributed by atoms with E-state index in [-0.39, 0.29) is 0 Å². The Balaban J connectivity index is 1.87. The molecule has 106 valence electrons. The van der Waals surface area contributed by atoms with Gasteiger partial charge in [0.05, 0.1) is 0 Å². The van der Waals surface area contributed by atoms with Gasteiger partial charge in [0, 0.05) is 18.2 Å². The van der Waals surface area contributed by atoms with E-state index in [2.05, 4.69) is 0 Å². The molecule has 0 atom stereocenters. The quantitative estimate of drug-likeness (QED) is 0.623. The Kier molecular flexibility index (Phi) is 3.86. The van der Waals surface area contributed by atoms with Crippen molar-refractivity contribution in [3.63, 3.8) is 0 Å². The summed E-state index contributed by atoms with van der Waals surface area (Å²) in [7, 11) is 0. The van der Waals surface area contributed by atoms with Gasteiger partial charge < -0.3 is 9.15 Å². The van der Waals surface area contributed by atoms with Gasteiger partial charge in [0.15, 0.2) is 10.7 Å². The van der Waals surface area contributed by atoms with E-state index in [1.165, 1.54) is 0 Å². The van der Waals surface area contributed by atoms with Gasteiger partial charge in [-0.05, 0) is 31.3 Å². The molecule has 1 aromatic carbocycles. The molecule has 1 aromatic heterocycles. The van der Waals surface area contributed by atoms with E-state index in [1.54, 1.807) is 11.0 Å². The molecule has 2 aromatic rings. The minimum atomic E-state index is 0.392. The molecule has 21 heavy (non-hydrogen) atoms. The molecule has 5 heteroatoms. The fourth-order valence-corrected chi connectivity index (χ4v) is 2.77. The maximum atomic E-state index is 5.81. The van der Waals surface area contributed by atoms with Crippen molar-refractivity contribution in [1.82, 2.24) is 4.90 Å². The molecule has 0 saturated carbocycles. The Hall–Kier alpha value is -1.98. The summed E-state index contributed by atoms with van der Waals surface area (Å²) in [5.74, 6) is 2.05. The highest BCUT2D eigenvalue weighted by molar-refractivity contribution is 7.82. The van der Waals surface area contributed by atoms with Crippen molar-refractivity contribution >= 4 is 40.7 Å². The molecule has 1 aliphatic rings. The molecule has 1 aliphatic heterocycles. The molecule has 0 spiro atoms. The molecule has 0 radical (unpaired) electrons. The van der Waals surface area contributed by atoms with Crippen LogP contribution in [-0.4, -0.2) is 21.6 Å². The first-order valence-electron chi connectivity index (χ1n) is 6.59. The van der Waals surface area contributed by atoms with E-state index in [1.807, 2.05) is 49.4 Å². The van der Waals surface area contributed by atoms with E-state index in [4.69, 9.17) is 33.6 Å². The maximum Gasteiger partial charge on any atom is 0.270 e. The van der Waals surface area contributed by atoms with Crippen LogP contribution in [0.15, 0.2) is 52.6 Å². The highest BCUT2D eigenvalue weighted by atomic mass is 32.1. The van der Waals surface area contributed by atoms with Gasteiger partial charge in [0.25, 0.3) is 5.17 Å². The zero-order valence-electron chi connectivity index (χ0n) is 11.4. The Bertz CT molecular complexity index is 719. The minimum Gasteiger partial charge on any atom is -0.457 e. The van der Waals surface area contributed by atoms with Crippen molar-refractivity contribution in [1.29, 1.82) is 0 Å². The fourth-order valence-electron chi connectivity index (χ4n) is 2.09. The smallest absolute Gasteiger partial charge is 0.270 e. The predicted octanol–water partition coefficient (Wildman–Crippen LogP) is 4.25. The molecule has 0 N–H and O–H groups in total. The third-order valence-electron chi connectivity index (χ3n) is 3.15. The normalized spacial score (nSPS) is 16.6. The zero-order valence-corrected chi connectivity index (χ0v) is 13.0. The summed E-state index contributed by atoms with van der Waals surface area (Å²) < 4.78 is 11.3. The van der Waals surface area contributed by atoms with Crippen molar-refractivity contribution < 1.29 is 9.15 Å². The average molecular weight is 315 g/mol. The molecule has 0 bridgehead atoms. The molecule has 1 saturated heterocycles. The third-order valence-corrected chi connectivity index (χ3v) is 3.87. The molecular formula is C16H13NO2S2. The lowest BCUT2D eigenvalue weighted by Crippen LogP contribution is -2.26. The maximum absolute atomic E-state index is 5.81. The second-order valence-electron chi connectivity index (χ2n) is 4.49. The summed E-state index contributed by atoms with van der Waals surface area (Å²) in [5.41, 5.74) is 1.03. The van der Waals surface area contributed by atoms with Gasteiger partial charge in [-0.2, -0.15) is 0 Å². The second-order valence-corrected chi connectivity index (χ2v) is 5.23. The summed E-state index contributed by atoms with van der Waals surface area (Å²) in [6, 6.07) is 13.7. The number of rotatable bonds is 3. The van der Waals surface area contributed by atoms with Crippen molar-refractivity contribution in [2.45, 2.75) is 6.92 Å². The van der Waals surface area contributed by atoms with Gasteiger partial charge in [-0.15, -0.1) is 0 Å². The number of furan rings is 1. The van der Waals surface area contributed by atoms with E-state index < -0.39 is 0 Å². The van der Waals surface area contributed by atoms with Crippen LogP contribution in [0.25, 0.3) is 17.4 Å². The Morgan fingerprint density at radius 1 is 1.10 bits per heavy atom. The number of likely N-dealkylation sites (N-methyl/N-ethyl adjacent to an activating group) is 1. The Morgan fingerprint density at radius 2 is 1.86 bits per heavy atom. The van der Waals surface area contributed by atoms with Gasteiger partial charge in [-0.25, -0.2) is 0 Å². The topological polar surface area (TPSA) is 25.6 Å². The minimum absolute atomic E-state index is 0.392. The third kappa shape index (κ3) is 2.75. The van der Waals surface area contributed by atoms with E-state index in [0.29, 0.717) is 28.2 Å². The van der Waals surface area contributed by atoms with Crippen LogP contribution in [0.1, 0.15) is 12.7 Å². The molecular weight excluding hydrogens is 302 g/mol. The van der Waals surface area contributed by atoms with Crippen molar-refractivity contribution in [3.05, 3.63) is 54.0 Å². The van der Waals surface area contributed by atoms with Crippen LogP contribution in [-0.2, 0) is 4.74 Å². The number of benzene rings is 1. The van der Waals surface area contributed by atoms with Gasteiger partial charge in [0.2, 0.25) is 0 Å². The Morgan fingerprint density at radius 3 is 2.52 bits per heavy atom. The number of ether oxygens (including phenoxy) is 1. The van der Waals surface area contributed by atoms with Gasteiger partial charge in [0.1, 0.15) is 11.5 Å². The summed E-state index contributed by atoms with van der Waals surface area (Å²) in [5, 5.41) is 0.392. The van der Waals surface area contributed by atoms with E-state index in [0.717, 1.165) is 11.3 Å². The molecule has 0 aliphatic carbocycles. The van der Waals surface area contributed by atoms with Crippen LogP contribution in [0, 0.1) is 0 Å². The van der Waals surface area contributed by atoms with Crippen LogP contribution >= 0.6 is 24.4 Å². The van der Waals surface area contributed by atoms with Gasteiger partial charge in [-0.3, -0.25) is 4.90 Å². The van der Waals surface area contributed by atoms with Crippen molar-refractivity contribution in [2.24, 2.45) is 0 Å². The SMILES string of the molecule is CCN1C(=S)O/C(=C/c2ccc(-c3ccccc3)o2)C1=S. The number of nitrogens with zero attached hydrogens (tertiary/aromatic N) is 1. The average Bonchev–Trinajstić information content (AvgIpc) is 3.06. The van der Waals surface area contributed by atoms with Crippen molar-refractivity contribution in [2.75, 3.05) is 6.54 Å². The van der Waals surface area contributed by atoms with Gasteiger partial charge in [-0.1, -0.05) is 42.5 Å². The summed E-state index contributed by atoms with van der Waals surface area (Å²) in [4.78, 5) is 2.37. The largest absolute Gasteiger partial charge is 0.457 e. The first-order chi connectivity index (χ1) is 10.2. The van der Waals surface area contributed by atoms with Crippen LogP contribution in [0.4, 0.5) is 0 Å². The fraction of sp³-hybridized carbons (Fsp3) is 0.125. The first kappa shape index (κ1) is 14.0. The second kappa shape index (κ2) is 5.79. The molecule has 3 nitrogen and oxygen atoms in total. The van der Waals surface area contributed by atoms with Crippen LogP contribution in [0.3, 0.4) is 0 Å². The highest BCUT2D eigenvalue weighted by Crippen LogP contribution is 2.25. The molecule has 0 unspecified atom stereocenters. The standard InChI is InChI=1S/C16H13NO2S2/c1-2-17-15(20)14(19-16(17)21)10-12-8-9-13(18-12)11-6-4-3-5-7-11/h3-10H,2H2,1H3/b14-10+.